The van der Waals surface area contributed by atoms with Crippen LogP contribution in [-0.4, -0.2) is 69.7 Å². The van der Waals surface area contributed by atoms with Crippen molar-refractivity contribution in [1.29, 1.82) is 0 Å². The van der Waals surface area contributed by atoms with Gasteiger partial charge in [-0.2, -0.15) is 0 Å². The second kappa shape index (κ2) is 24.2. The Morgan fingerprint density at radius 1 is 0.582 bits per heavy atom. The molecule has 0 aliphatic heterocycles. The van der Waals surface area contributed by atoms with E-state index in [1.165, 1.54) is 0 Å². The summed E-state index contributed by atoms with van der Waals surface area (Å²) < 4.78 is 11.7. The van der Waals surface area contributed by atoms with Gasteiger partial charge in [-0.1, -0.05) is 106 Å². The first kappa shape index (κ1) is 45.8. The molecule has 2 atom stereocenters. The lowest BCUT2D eigenvalue weighted by molar-refractivity contribution is -0.0930. The summed E-state index contributed by atoms with van der Waals surface area (Å²) in [5, 5.41) is 34.0. The summed E-state index contributed by atoms with van der Waals surface area (Å²) in [7, 11) is 0. The third kappa shape index (κ3) is 16.3. The lowest BCUT2D eigenvalue weighted by Crippen LogP contribution is -2.48. The van der Waals surface area contributed by atoms with Crippen LogP contribution in [0.3, 0.4) is 0 Å². The molecule has 0 bridgehead atoms. The molecule has 5 rings (SSSR count). The third-order valence-corrected chi connectivity index (χ3v) is 9.47. The number of aromatic carboxylic acids is 2. The number of carboxylic acids is 2. The summed E-state index contributed by atoms with van der Waals surface area (Å²) in [5.41, 5.74) is 1.36. The van der Waals surface area contributed by atoms with Crippen LogP contribution in [0, 0.1) is 10.8 Å². The number of carbonyl (C=O) groups excluding carboxylic acids is 2. The Kier molecular flexibility index (Phi) is 20.1. The van der Waals surface area contributed by atoms with Gasteiger partial charge in [0.05, 0.1) is 22.3 Å². The Labute approximate surface area is 324 Å². The van der Waals surface area contributed by atoms with Crippen molar-refractivity contribution in [2.45, 2.75) is 84.8 Å². The fraction of sp³-hybridized carbons (Fsp3) is 0.378. The number of esters is 2. The van der Waals surface area contributed by atoms with Gasteiger partial charge in [-0.25, -0.2) is 19.2 Å². The van der Waals surface area contributed by atoms with Gasteiger partial charge in [0.15, 0.2) is 0 Å². The smallest absolute Gasteiger partial charge is 0.338 e. The number of ether oxygens (including phenoxy) is 2. The SMILES string of the molecule is CC(C)(CO)CCCO.CC(OC(=O)c1ccccc1)C1(C(C)OC(=O)c2ccccc2)CCCCC1.O=C(O)c1ccccc1.O=C(O)c1ccccc1. The van der Waals surface area contributed by atoms with Crippen LogP contribution in [0.4, 0.5) is 0 Å². The summed E-state index contributed by atoms with van der Waals surface area (Å²) in [6, 6.07) is 34.6. The van der Waals surface area contributed by atoms with Crippen molar-refractivity contribution >= 4 is 23.9 Å². The van der Waals surface area contributed by atoms with Crippen LogP contribution in [0.25, 0.3) is 0 Å². The molecule has 0 aromatic heterocycles. The van der Waals surface area contributed by atoms with Gasteiger partial charge in [0.2, 0.25) is 0 Å². The molecule has 296 valence electrons. The molecule has 10 nitrogen and oxygen atoms in total. The highest BCUT2D eigenvalue weighted by atomic mass is 16.6. The van der Waals surface area contributed by atoms with E-state index in [1.807, 2.05) is 64.1 Å². The minimum absolute atomic E-state index is 0.0112. The van der Waals surface area contributed by atoms with Crippen molar-refractivity contribution in [3.8, 4) is 0 Å². The number of hydrogen-bond donors (Lipinski definition) is 4. The highest BCUT2D eigenvalue weighted by Gasteiger charge is 2.46. The molecule has 1 fully saturated rings. The molecular weight excluding hydrogens is 700 g/mol. The van der Waals surface area contributed by atoms with E-state index in [9.17, 15) is 19.2 Å². The Hall–Kier alpha value is -5.32. The van der Waals surface area contributed by atoms with Gasteiger partial charge in [0, 0.05) is 18.6 Å². The molecule has 1 aliphatic rings. The minimum Gasteiger partial charge on any atom is -0.478 e. The summed E-state index contributed by atoms with van der Waals surface area (Å²) >= 11 is 0. The van der Waals surface area contributed by atoms with Gasteiger partial charge in [-0.05, 0) is 93.5 Å². The van der Waals surface area contributed by atoms with E-state index in [0.29, 0.717) is 22.3 Å². The van der Waals surface area contributed by atoms with E-state index in [2.05, 4.69) is 0 Å². The number of carbonyl (C=O) groups is 4. The van der Waals surface area contributed by atoms with Crippen LogP contribution in [0.5, 0.6) is 0 Å². The highest BCUT2D eigenvalue weighted by molar-refractivity contribution is 5.90. The topological polar surface area (TPSA) is 168 Å². The Morgan fingerprint density at radius 3 is 1.18 bits per heavy atom. The third-order valence-electron chi connectivity index (χ3n) is 9.47. The average molecular weight is 757 g/mol. The van der Waals surface area contributed by atoms with Crippen LogP contribution >= 0.6 is 0 Å². The van der Waals surface area contributed by atoms with Crippen LogP contribution in [0.15, 0.2) is 121 Å². The molecule has 1 aliphatic carbocycles. The van der Waals surface area contributed by atoms with Gasteiger partial charge in [-0.3, -0.25) is 0 Å². The van der Waals surface area contributed by atoms with Gasteiger partial charge < -0.3 is 29.9 Å². The summed E-state index contributed by atoms with van der Waals surface area (Å²) in [6.07, 6.45) is 5.96. The zero-order chi connectivity index (χ0) is 40.7. The maximum absolute atomic E-state index is 12.6. The van der Waals surface area contributed by atoms with Crippen molar-refractivity contribution in [3.63, 3.8) is 0 Å². The number of rotatable bonds is 12. The van der Waals surface area contributed by atoms with Gasteiger partial charge in [0.1, 0.15) is 12.2 Å². The van der Waals surface area contributed by atoms with Crippen molar-refractivity contribution in [1.82, 2.24) is 0 Å². The zero-order valence-electron chi connectivity index (χ0n) is 32.3. The normalized spacial score (nSPS) is 14.0. The van der Waals surface area contributed by atoms with Crippen LogP contribution in [0.1, 0.15) is 114 Å². The van der Waals surface area contributed by atoms with E-state index < -0.39 is 11.9 Å². The summed E-state index contributed by atoms with van der Waals surface area (Å²) in [4.78, 5) is 45.6. The largest absolute Gasteiger partial charge is 0.478 e. The van der Waals surface area contributed by atoms with Crippen molar-refractivity contribution in [2.24, 2.45) is 10.8 Å². The molecular formula is C45H56O10. The number of benzene rings is 4. The van der Waals surface area contributed by atoms with E-state index in [4.69, 9.17) is 29.9 Å². The second-order valence-corrected chi connectivity index (χ2v) is 14.1. The van der Waals surface area contributed by atoms with Gasteiger partial charge >= 0.3 is 23.9 Å². The molecule has 1 saturated carbocycles. The molecule has 4 aromatic carbocycles. The van der Waals surface area contributed by atoms with Crippen LogP contribution < -0.4 is 0 Å². The van der Waals surface area contributed by atoms with Crippen molar-refractivity contribution < 1.29 is 49.1 Å². The predicted octanol–water partition coefficient (Wildman–Crippen LogP) is 8.97. The molecule has 0 radical (unpaired) electrons. The molecule has 0 heterocycles. The molecule has 10 heteroatoms. The molecule has 0 amide bonds. The summed E-state index contributed by atoms with van der Waals surface area (Å²) in [5.74, 6) is -2.43. The van der Waals surface area contributed by atoms with Crippen molar-refractivity contribution in [3.05, 3.63) is 144 Å². The average Bonchev–Trinajstić information content (AvgIpc) is 3.22. The maximum atomic E-state index is 12.6. The molecule has 4 N–H and O–H groups in total. The standard InChI is InChI=1S/C24H28O4.2C7H6O2.C7H16O2/c1-18(27-22(25)20-12-6-3-7-13-20)24(16-10-5-11-17-24)19(2)28-23(26)21-14-8-4-9-15-21;2*8-7(9)6-4-2-1-3-5-6;1-7(2,6-9)4-3-5-8/h3-4,6-9,12-15,18-19H,5,10-11,16-17H2,1-2H3;2*1-5H,(H,8,9);8-9H,3-6H2,1-2H3. The molecule has 0 saturated heterocycles. The quantitative estimate of drug-likeness (QED) is 0.102. The molecule has 2 unspecified atom stereocenters. The fourth-order valence-electron chi connectivity index (χ4n) is 5.99. The van der Waals surface area contributed by atoms with Gasteiger partial charge in [-0.15, -0.1) is 0 Å². The maximum Gasteiger partial charge on any atom is 0.338 e. The second-order valence-electron chi connectivity index (χ2n) is 14.1. The molecule has 55 heavy (non-hydrogen) atoms. The fourth-order valence-corrected chi connectivity index (χ4v) is 5.99. The zero-order valence-corrected chi connectivity index (χ0v) is 32.3. The van der Waals surface area contributed by atoms with Crippen LogP contribution in [0.2, 0.25) is 0 Å². The number of hydrogen-bond acceptors (Lipinski definition) is 8. The van der Waals surface area contributed by atoms with E-state index in [1.54, 1.807) is 84.9 Å². The number of aliphatic hydroxyl groups is 2. The summed E-state index contributed by atoms with van der Waals surface area (Å²) in [6.45, 7) is 8.26. The van der Waals surface area contributed by atoms with E-state index in [0.717, 1.165) is 44.9 Å². The Balaban J connectivity index is 0.000000313. The minimum atomic E-state index is -0.879. The Bertz CT molecular complexity index is 1580. The first-order valence-corrected chi connectivity index (χ1v) is 18.6. The molecule has 4 aromatic rings. The highest BCUT2D eigenvalue weighted by Crippen LogP contribution is 2.45. The number of carboxylic acid groups (broad SMARTS) is 2. The number of aliphatic hydroxyl groups excluding tert-OH is 2. The predicted molar refractivity (Wildman–Crippen MR) is 212 cm³/mol. The Morgan fingerprint density at radius 2 is 0.909 bits per heavy atom. The van der Waals surface area contributed by atoms with Crippen LogP contribution in [-0.2, 0) is 9.47 Å². The first-order chi connectivity index (χ1) is 26.3. The lowest BCUT2D eigenvalue weighted by atomic mass is 9.67. The van der Waals surface area contributed by atoms with E-state index in [-0.39, 0.29) is 48.2 Å². The monoisotopic (exact) mass is 756 g/mol. The van der Waals surface area contributed by atoms with E-state index >= 15 is 0 Å². The lowest BCUT2D eigenvalue weighted by Gasteiger charge is -2.45. The first-order valence-electron chi connectivity index (χ1n) is 18.6. The van der Waals surface area contributed by atoms with Gasteiger partial charge in [0.25, 0.3) is 0 Å². The van der Waals surface area contributed by atoms with Crippen molar-refractivity contribution in [2.75, 3.05) is 13.2 Å². The molecule has 0 spiro atoms.